The summed E-state index contributed by atoms with van der Waals surface area (Å²) < 4.78 is 1.63. The van der Waals surface area contributed by atoms with E-state index in [-0.39, 0.29) is 11.9 Å². The van der Waals surface area contributed by atoms with Crippen LogP contribution in [0.5, 0.6) is 0 Å². The molecule has 3 rings (SSSR count). The number of rotatable bonds is 4. The molecule has 1 fully saturated rings. The van der Waals surface area contributed by atoms with Crippen LogP contribution in [-0.2, 0) is 4.79 Å². The number of amides is 3. The van der Waals surface area contributed by atoms with Crippen molar-refractivity contribution in [3.8, 4) is 5.69 Å². The lowest BCUT2D eigenvalue weighted by atomic mass is 10.1. The summed E-state index contributed by atoms with van der Waals surface area (Å²) >= 11 is 1.24. The Morgan fingerprint density at radius 1 is 1.38 bits per heavy atom. The summed E-state index contributed by atoms with van der Waals surface area (Å²) in [7, 11) is 0. The molecule has 0 aliphatic carbocycles. The highest BCUT2D eigenvalue weighted by Gasteiger charge is 2.31. The summed E-state index contributed by atoms with van der Waals surface area (Å²) in [6.07, 6.45) is 0. The topological polar surface area (TPSA) is 93.0 Å². The van der Waals surface area contributed by atoms with Crippen LogP contribution in [0.4, 0.5) is 4.79 Å². The Balaban J connectivity index is 1.82. The van der Waals surface area contributed by atoms with Gasteiger partial charge in [0, 0.05) is 13.1 Å². The normalized spacial score (nSPS) is 15.5. The van der Waals surface area contributed by atoms with Crippen molar-refractivity contribution < 1.29 is 9.59 Å². The second kappa shape index (κ2) is 6.60. The summed E-state index contributed by atoms with van der Waals surface area (Å²) in [5, 5.41) is 14.5. The van der Waals surface area contributed by atoms with Crippen LogP contribution in [0, 0.1) is 13.8 Å². The predicted octanol–water partition coefficient (Wildman–Crippen LogP) is 1.31. The quantitative estimate of drug-likeness (QED) is 0.839. The molecular formula is C15H18N6O2S. The van der Waals surface area contributed by atoms with Crippen LogP contribution in [0.1, 0.15) is 18.1 Å². The molecule has 9 heteroatoms. The number of tetrazole rings is 1. The zero-order valence-corrected chi connectivity index (χ0v) is 14.5. The number of nitrogens with zero attached hydrogens (tertiary/aromatic N) is 5. The van der Waals surface area contributed by atoms with Crippen LogP contribution in [0.2, 0.25) is 0 Å². The van der Waals surface area contributed by atoms with Crippen molar-refractivity contribution in [3.05, 3.63) is 29.3 Å². The van der Waals surface area contributed by atoms with E-state index in [1.807, 2.05) is 32.0 Å². The van der Waals surface area contributed by atoms with Crippen LogP contribution in [0.15, 0.2) is 23.4 Å². The molecule has 126 valence electrons. The first kappa shape index (κ1) is 16.4. The lowest BCUT2D eigenvalue weighted by Gasteiger charge is -2.17. The number of imide groups is 1. The van der Waals surface area contributed by atoms with Gasteiger partial charge in [-0.25, -0.2) is 4.79 Å². The number of urea groups is 1. The molecule has 1 aromatic carbocycles. The van der Waals surface area contributed by atoms with Gasteiger partial charge in [-0.1, -0.05) is 23.9 Å². The fourth-order valence-electron chi connectivity index (χ4n) is 2.46. The number of carbonyl (C=O) groups excluding carboxylic acids is 2. The van der Waals surface area contributed by atoms with E-state index in [0.29, 0.717) is 18.2 Å². The van der Waals surface area contributed by atoms with Crippen molar-refractivity contribution in [2.75, 3.05) is 13.1 Å². The number of nitrogens with one attached hydrogen (secondary N) is 1. The highest BCUT2D eigenvalue weighted by atomic mass is 32.2. The monoisotopic (exact) mass is 346 g/mol. The van der Waals surface area contributed by atoms with E-state index in [9.17, 15) is 9.59 Å². The molecular weight excluding hydrogens is 328 g/mol. The number of aromatic nitrogens is 4. The van der Waals surface area contributed by atoms with Crippen LogP contribution >= 0.6 is 11.8 Å². The van der Waals surface area contributed by atoms with Gasteiger partial charge in [0.25, 0.3) is 0 Å². The molecule has 8 nitrogen and oxygen atoms in total. The first-order valence-corrected chi connectivity index (χ1v) is 8.47. The van der Waals surface area contributed by atoms with Crippen molar-refractivity contribution >= 4 is 23.7 Å². The minimum absolute atomic E-state index is 0.245. The highest BCUT2D eigenvalue weighted by molar-refractivity contribution is 8.00. The van der Waals surface area contributed by atoms with Gasteiger partial charge < -0.3 is 5.32 Å². The molecule has 24 heavy (non-hydrogen) atoms. The van der Waals surface area contributed by atoms with Crippen molar-refractivity contribution in [3.63, 3.8) is 0 Å². The van der Waals surface area contributed by atoms with E-state index in [1.165, 1.54) is 16.7 Å². The average Bonchev–Trinajstić information content (AvgIpc) is 3.18. The van der Waals surface area contributed by atoms with E-state index in [1.54, 1.807) is 11.6 Å². The summed E-state index contributed by atoms with van der Waals surface area (Å²) in [5.74, 6) is -0.245. The summed E-state index contributed by atoms with van der Waals surface area (Å²) in [5.41, 5.74) is 3.01. The van der Waals surface area contributed by atoms with E-state index in [0.717, 1.165) is 16.8 Å². The predicted molar refractivity (Wildman–Crippen MR) is 89.1 cm³/mol. The van der Waals surface area contributed by atoms with Crippen LogP contribution in [0.25, 0.3) is 5.69 Å². The zero-order chi connectivity index (χ0) is 17.3. The molecule has 1 saturated heterocycles. The Labute approximate surface area is 143 Å². The van der Waals surface area contributed by atoms with Gasteiger partial charge in [-0.2, -0.15) is 4.68 Å². The lowest BCUT2D eigenvalue weighted by Crippen LogP contribution is -2.39. The number of thioether (sulfide) groups is 1. The number of hydrogen-bond acceptors (Lipinski definition) is 6. The van der Waals surface area contributed by atoms with Crippen LogP contribution in [-0.4, -0.2) is 55.4 Å². The third-order valence-electron chi connectivity index (χ3n) is 3.79. The minimum atomic E-state index is -0.469. The molecule has 2 heterocycles. The molecule has 1 atom stereocenters. The van der Waals surface area contributed by atoms with Gasteiger partial charge in [0.15, 0.2) is 0 Å². The second-order valence-corrected chi connectivity index (χ2v) is 6.95. The molecule has 0 bridgehead atoms. The van der Waals surface area contributed by atoms with Crippen molar-refractivity contribution in [2.45, 2.75) is 31.2 Å². The molecule has 0 unspecified atom stereocenters. The second-order valence-electron chi connectivity index (χ2n) is 5.65. The molecule has 1 aliphatic heterocycles. The first-order valence-electron chi connectivity index (χ1n) is 7.59. The maximum Gasteiger partial charge on any atom is 0.324 e. The largest absolute Gasteiger partial charge is 0.336 e. The Bertz CT molecular complexity index is 790. The standard InChI is InChI=1S/C15H18N6O2S/c1-9-4-5-10(2)12(8-9)21-15(17-18-19-21)24-11(3)13(22)20-7-6-16-14(20)23/h4-5,8,11H,6-7H2,1-3H3,(H,16,23)/t11-/m0/s1. The Kier molecular flexibility index (Phi) is 4.52. The van der Waals surface area contributed by atoms with E-state index >= 15 is 0 Å². The number of aryl methyl sites for hydroxylation is 2. The fraction of sp³-hybridized carbons (Fsp3) is 0.400. The van der Waals surface area contributed by atoms with Gasteiger partial charge in [0.05, 0.1) is 10.9 Å². The average molecular weight is 346 g/mol. The molecule has 0 saturated carbocycles. The Hall–Kier alpha value is -2.42. The molecule has 0 spiro atoms. The summed E-state index contributed by atoms with van der Waals surface area (Å²) in [6, 6.07) is 5.68. The summed E-state index contributed by atoms with van der Waals surface area (Å²) in [6.45, 7) is 6.61. The molecule has 0 radical (unpaired) electrons. The minimum Gasteiger partial charge on any atom is -0.336 e. The van der Waals surface area contributed by atoms with E-state index in [2.05, 4.69) is 20.8 Å². The van der Waals surface area contributed by atoms with Crippen molar-refractivity contribution in [2.24, 2.45) is 0 Å². The maximum atomic E-state index is 12.4. The van der Waals surface area contributed by atoms with Gasteiger partial charge in [-0.05, 0) is 48.4 Å². The SMILES string of the molecule is Cc1ccc(C)c(-n2nnnc2S[C@@H](C)C(=O)N2CCNC2=O)c1. The van der Waals surface area contributed by atoms with Gasteiger partial charge in [0.2, 0.25) is 11.1 Å². The van der Waals surface area contributed by atoms with E-state index < -0.39 is 5.25 Å². The Morgan fingerprint density at radius 3 is 2.88 bits per heavy atom. The van der Waals surface area contributed by atoms with E-state index in [4.69, 9.17) is 0 Å². The van der Waals surface area contributed by atoms with Crippen LogP contribution in [0.3, 0.4) is 0 Å². The molecule has 1 aliphatic rings. The molecule has 1 aromatic heterocycles. The first-order chi connectivity index (χ1) is 11.5. The van der Waals surface area contributed by atoms with Gasteiger partial charge in [0.1, 0.15) is 0 Å². The number of benzene rings is 1. The Morgan fingerprint density at radius 2 is 2.17 bits per heavy atom. The molecule has 1 N–H and O–H groups in total. The van der Waals surface area contributed by atoms with Crippen molar-refractivity contribution in [1.82, 2.24) is 30.4 Å². The summed E-state index contributed by atoms with van der Waals surface area (Å²) in [4.78, 5) is 25.3. The lowest BCUT2D eigenvalue weighted by molar-refractivity contribution is -0.126. The highest BCUT2D eigenvalue weighted by Crippen LogP contribution is 2.26. The smallest absolute Gasteiger partial charge is 0.324 e. The van der Waals surface area contributed by atoms with Crippen molar-refractivity contribution in [1.29, 1.82) is 0 Å². The zero-order valence-electron chi connectivity index (χ0n) is 13.7. The number of hydrogen-bond donors (Lipinski definition) is 1. The maximum absolute atomic E-state index is 12.4. The van der Waals surface area contributed by atoms with Gasteiger partial charge in [-0.3, -0.25) is 9.69 Å². The molecule has 3 amide bonds. The van der Waals surface area contributed by atoms with Crippen LogP contribution < -0.4 is 5.32 Å². The fourth-order valence-corrected chi connectivity index (χ4v) is 3.32. The third kappa shape index (κ3) is 3.12. The van der Waals surface area contributed by atoms with Gasteiger partial charge >= 0.3 is 6.03 Å². The third-order valence-corrected chi connectivity index (χ3v) is 4.81. The number of carbonyl (C=O) groups is 2. The molecule has 2 aromatic rings. The van der Waals surface area contributed by atoms with Gasteiger partial charge in [-0.15, -0.1) is 5.10 Å².